The molecule has 4 aliphatic rings. The van der Waals surface area contributed by atoms with Gasteiger partial charge in [-0.25, -0.2) is 0 Å². The van der Waals surface area contributed by atoms with Crippen molar-refractivity contribution in [2.75, 3.05) is 19.8 Å². The molecule has 5 N–H and O–H groups in total. The van der Waals surface area contributed by atoms with Crippen molar-refractivity contribution in [2.45, 2.75) is 130 Å². The molecule has 1 fully saturated rings. The number of hydrogen-bond acceptors (Lipinski definition) is 10. The zero-order valence-corrected chi connectivity index (χ0v) is 42.3. The van der Waals surface area contributed by atoms with Crippen LogP contribution in [0.1, 0.15) is 106 Å². The summed E-state index contributed by atoms with van der Waals surface area (Å²) in [6, 6.07) is 34.9. The number of carboxylic acid groups (broad SMARTS) is 1. The second-order valence-electron chi connectivity index (χ2n) is 18.2. The molecule has 0 bridgehead atoms. The molecule has 0 radical (unpaired) electrons. The molecule has 3 aliphatic heterocycles. The first kappa shape index (κ1) is 53.4. The summed E-state index contributed by atoms with van der Waals surface area (Å²) in [6.45, 7) is 11.3. The molecule has 1 saturated carbocycles. The first-order valence-electron chi connectivity index (χ1n) is 24.7. The van der Waals surface area contributed by atoms with Gasteiger partial charge in [0, 0.05) is 50.1 Å². The minimum atomic E-state index is -1.06. The van der Waals surface area contributed by atoms with Crippen LogP contribution in [0.2, 0.25) is 0 Å². The van der Waals surface area contributed by atoms with Gasteiger partial charge in [-0.2, -0.15) is 0 Å². The second kappa shape index (κ2) is 26.3. The van der Waals surface area contributed by atoms with E-state index in [1.54, 1.807) is 11.8 Å². The number of thiocarbonyl (C=S) groups is 1. The third-order valence-electron chi connectivity index (χ3n) is 12.6. The molecule has 3 amide bonds. The van der Waals surface area contributed by atoms with Crippen molar-refractivity contribution in [3.8, 4) is 0 Å². The van der Waals surface area contributed by atoms with Gasteiger partial charge >= 0.3 is 5.97 Å². The fraction of sp³-hybridized carbons (Fsp3) is 0.418. The zero-order chi connectivity index (χ0) is 50.9. The molecule has 4 aromatic rings. The molecule has 15 nitrogen and oxygen atoms in total. The maximum absolute atomic E-state index is 12.9. The average Bonchev–Trinajstić information content (AvgIpc) is 3.77. The number of carboxylic acids is 1. The Morgan fingerprint density at radius 2 is 1.31 bits per heavy atom. The zero-order valence-electron chi connectivity index (χ0n) is 41.5. The van der Waals surface area contributed by atoms with Crippen molar-refractivity contribution >= 4 is 47.1 Å². The highest BCUT2D eigenvalue weighted by molar-refractivity contribution is 7.80. The minimum Gasteiger partial charge on any atom is -0.480 e. The lowest BCUT2D eigenvalue weighted by Gasteiger charge is -2.37. The van der Waals surface area contributed by atoms with Crippen molar-refractivity contribution in [1.82, 2.24) is 30.7 Å². The second-order valence-corrected chi connectivity index (χ2v) is 18.6. The molecule has 3 heterocycles. The summed E-state index contributed by atoms with van der Waals surface area (Å²) < 4.78 is 16.6. The van der Waals surface area contributed by atoms with Crippen LogP contribution in [0, 0.1) is 5.41 Å². The largest absolute Gasteiger partial charge is 0.480 e. The Hall–Kier alpha value is -6.94. The van der Waals surface area contributed by atoms with Crippen LogP contribution in [0.5, 0.6) is 0 Å². The molecular formula is C55H69N7O8S. The van der Waals surface area contributed by atoms with E-state index in [4.69, 9.17) is 31.8 Å². The number of carbonyl (C=O) groups is 4. The predicted molar refractivity (Wildman–Crippen MR) is 276 cm³/mol. The Balaban J connectivity index is 0.000000175. The lowest BCUT2D eigenvalue weighted by atomic mass is 9.92. The SMILES string of the molecule is CC1=C(C(=O)N(CC(=O)O)Cc2ccccc2)NC(c2ccccc2)O1.CCOC(=N)N1Cc2ccccc2CC1C(=O)NC(C)C.CCOC(=S)N1Cc2ccccc2CC1C(=O)NC1CCCCC1. The van der Waals surface area contributed by atoms with Crippen LogP contribution >= 0.6 is 12.2 Å². The van der Waals surface area contributed by atoms with Crippen molar-refractivity contribution in [2.24, 2.45) is 0 Å². The van der Waals surface area contributed by atoms with Gasteiger partial charge in [-0.3, -0.25) is 24.6 Å². The van der Waals surface area contributed by atoms with E-state index in [1.165, 1.54) is 40.9 Å². The number of nitrogens with one attached hydrogen (secondary N) is 4. The van der Waals surface area contributed by atoms with Crippen molar-refractivity contribution in [3.63, 3.8) is 0 Å². The smallest absolute Gasteiger partial charge is 0.323 e. The van der Waals surface area contributed by atoms with Crippen LogP contribution in [-0.4, -0.2) is 98.6 Å². The highest BCUT2D eigenvalue weighted by atomic mass is 32.1. The normalized spacial score (nSPS) is 18.1. The Bertz CT molecular complexity index is 2480. The summed E-state index contributed by atoms with van der Waals surface area (Å²) in [5.74, 6) is -0.979. The first-order chi connectivity index (χ1) is 34.3. The van der Waals surface area contributed by atoms with E-state index in [1.807, 2.05) is 130 Å². The van der Waals surface area contributed by atoms with Gasteiger partial charge in [-0.05, 0) is 87.5 Å². The summed E-state index contributed by atoms with van der Waals surface area (Å²) in [5, 5.41) is 26.9. The summed E-state index contributed by atoms with van der Waals surface area (Å²) in [7, 11) is 0. The van der Waals surface area contributed by atoms with E-state index in [0.717, 1.165) is 29.5 Å². The van der Waals surface area contributed by atoms with E-state index < -0.39 is 18.1 Å². The van der Waals surface area contributed by atoms with Gasteiger partial charge in [-0.15, -0.1) is 0 Å². The van der Waals surface area contributed by atoms with Crippen molar-refractivity contribution in [1.29, 1.82) is 5.41 Å². The highest BCUT2D eigenvalue weighted by Gasteiger charge is 2.36. The first-order valence-corrected chi connectivity index (χ1v) is 25.1. The third-order valence-corrected chi connectivity index (χ3v) is 12.9. The molecule has 0 saturated heterocycles. The molecule has 8 rings (SSSR count). The molecule has 71 heavy (non-hydrogen) atoms. The summed E-state index contributed by atoms with van der Waals surface area (Å²) in [4.78, 5) is 54.5. The lowest BCUT2D eigenvalue weighted by molar-refractivity contribution is -0.143. The number of nitrogens with zero attached hydrogens (tertiary/aromatic N) is 3. The minimum absolute atomic E-state index is 0.0519. The van der Waals surface area contributed by atoms with Crippen LogP contribution in [0.4, 0.5) is 0 Å². The predicted octanol–water partition coefficient (Wildman–Crippen LogP) is 7.74. The number of rotatable bonds is 12. The molecule has 1 aliphatic carbocycles. The fourth-order valence-electron chi connectivity index (χ4n) is 9.08. The van der Waals surface area contributed by atoms with Gasteiger partial charge in [0.25, 0.3) is 17.1 Å². The summed E-state index contributed by atoms with van der Waals surface area (Å²) in [6.07, 6.45) is 6.70. The van der Waals surface area contributed by atoms with E-state index in [9.17, 15) is 24.3 Å². The molecule has 4 aromatic carbocycles. The van der Waals surface area contributed by atoms with Gasteiger partial charge in [0.1, 0.15) is 30.1 Å². The quantitative estimate of drug-likeness (QED) is 0.0529. The molecular weight excluding hydrogens is 919 g/mol. The van der Waals surface area contributed by atoms with Crippen molar-refractivity contribution in [3.05, 3.63) is 154 Å². The van der Waals surface area contributed by atoms with E-state index in [2.05, 4.69) is 28.1 Å². The number of fused-ring (bicyclic) bond motifs is 2. The number of carbonyl (C=O) groups excluding carboxylic acids is 3. The number of benzene rings is 4. The highest BCUT2D eigenvalue weighted by Crippen LogP contribution is 2.29. The maximum atomic E-state index is 12.9. The molecule has 16 heteroatoms. The maximum Gasteiger partial charge on any atom is 0.323 e. The fourth-order valence-corrected chi connectivity index (χ4v) is 9.39. The lowest BCUT2D eigenvalue weighted by Crippen LogP contribution is -2.54. The summed E-state index contributed by atoms with van der Waals surface area (Å²) >= 11 is 5.43. The molecule has 3 unspecified atom stereocenters. The van der Waals surface area contributed by atoms with Crippen LogP contribution in [0.3, 0.4) is 0 Å². The summed E-state index contributed by atoms with van der Waals surface area (Å²) in [5.41, 5.74) is 6.81. The van der Waals surface area contributed by atoms with Gasteiger partial charge in [0.05, 0.1) is 13.2 Å². The van der Waals surface area contributed by atoms with Gasteiger partial charge in [-0.1, -0.05) is 128 Å². The molecule has 3 atom stereocenters. The van der Waals surface area contributed by atoms with Crippen LogP contribution in [0.15, 0.2) is 121 Å². The van der Waals surface area contributed by atoms with Gasteiger partial charge in [0.15, 0.2) is 6.23 Å². The Morgan fingerprint density at radius 1 is 0.775 bits per heavy atom. The molecule has 378 valence electrons. The number of hydrogen-bond donors (Lipinski definition) is 5. The van der Waals surface area contributed by atoms with Crippen LogP contribution in [-0.2, 0) is 65.9 Å². The number of aliphatic carboxylic acids is 1. The van der Waals surface area contributed by atoms with Gasteiger partial charge < -0.3 is 50.0 Å². The number of amides is 3. The third kappa shape index (κ3) is 15.0. The van der Waals surface area contributed by atoms with Crippen molar-refractivity contribution < 1.29 is 38.5 Å². The number of amidine groups is 1. The standard InChI is InChI=1S/C20H20N2O4.C19H26N2O2S.C16H23N3O2/c1-14-18(21-19(26-14)16-10-6-3-7-11-16)20(25)22(13-17(23)24)12-15-8-4-2-5-9-15;1-2-23-19(24)21-13-15-9-7-6-8-14(15)12-17(21)18(22)20-16-10-4-3-5-11-16;1-4-21-16(17)19-10-13-8-6-5-7-12(13)9-14(19)15(20)18-11(2)3/h2-11,19,21H,12-13H2,1H3,(H,23,24);6-9,16-17H,2-5,10-13H2,1H3,(H,20,22);5-8,11,14,17H,4,9-10H2,1-3H3,(H,18,20). The van der Waals surface area contributed by atoms with Crippen LogP contribution < -0.4 is 16.0 Å². The molecule has 0 spiro atoms. The Kier molecular flexibility index (Phi) is 19.8. The number of allylic oxidation sites excluding steroid dienone is 1. The van der Waals surface area contributed by atoms with Crippen LogP contribution in [0.25, 0.3) is 0 Å². The topological polar surface area (TPSA) is 186 Å². The average molecular weight is 988 g/mol. The monoisotopic (exact) mass is 987 g/mol. The van der Waals surface area contributed by atoms with E-state index in [-0.39, 0.29) is 54.7 Å². The molecule has 0 aromatic heterocycles. The number of ether oxygens (including phenoxy) is 3. The van der Waals surface area contributed by atoms with E-state index in [0.29, 0.717) is 56.1 Å². The van der Waals surface area contributed by atoms with Gasteiger partial charge in [0.2, 0.25) is 11.8 Å². The van der Waals surface area contributed by atoms with E-state index >= 15 is 0 Å². The Morgan fingerprint density at radius 3 is 1.87 bits per heavy atom. The Labute approximate surface area is 423 Å².